The molecule has 0 aromatic heterocycles. The van der Waals surface area contributed by atoms with Crippen LogP contribution < -0.4 is 5.32 Å². The molecule has 1 heterocycles. The van der Waals surface area contributed by atoms with Gasteiger partial charge in [-0.2, -0.15) is 0 Å². The predicted octanol–water partition coefficient (Wildman–Crippen LogP) is 3.23. The van der Waals surface area contributed by atoms with E-state index in [1.807, 2.05) is 47.4 Å². The Kier molecular flexibility index (Phi) is 7.06. The quantitative estimate of drug-likeness (QED) is 0.811. The smallest absolute Gasteiger partial charge is 0.238 e. The summed E-state index contributed by atoms with van der Waals surface area (Å²) in [6, 6.07) is 15.3. The molecule has 1 N–H and O–H groups in total. The molecule has 0 spiro atoms. The lowest BCUT2D eigenvalue weighted by molar-refractivity contribution is -0.132. The van der Waals surface area contributed by atoms with Crippen molar-refractivity contribution in [3.63, 3.8) is 0 Å². The second kappa shape index (κ2) is 9.71. The number of hydrogen-bond acceptors (Lipinski definition) is 3. The van der Waals surface area contributed by atoms with E-state index in [4.69, 9.17) is 11.6 Å². The minimum Gasteiger partial charge on any atom is -0.340 e. The summed E-state index contributed by atoms with van der Waals surface area (Å²) in [5.74, 6) is 0.0609. The summed E-state index contributed by atoms with van der Waals surface area (Å²) in [6.45, 7) is 5.05. The molecule has 2 aromatic carbocycles. The lowest BCUT2D eigenvalue weighted by atomic mass is 10.1. The van der Waals surface area contributed by atoms with Crippen LogP contribution in [0, 0.1) is 0 Å². The van der Waals surface area contributed by atoms with Crippen molar-refractivity contribution >= 4 is 29.1 Å². The molecule has 2 amide bonds. The largest absolute Gasteiger partial charge is 0.340 e. The van der Waals surface area contributed by atoms with Crippen LogP contribution in [-0.2, 0) is 22.4 Å². The molecule has 1 aliphatic heterocycles. The molecule has 5 nitrogen and oxygen atoms in total. The Morgan fingerprint density at radius 3 is 2.29 bits per heavy atom. The molecule has 0 radical (unpaired) electrons. The number of hydrogen-bond donors (Lipinski definition) is 1. The number of rotatable bonds is 6. The fourth-order valence-corrected chi connectivity index (χ4v) is 3.62. The van der Waals surface area contributed by atoms with Crippen LogP contribution in [0.15, 0.2) is 48.5 Å². The van der Waals surface area contributed by atoms with Gasteiger partial charge in [-0.1, -0.05) is 54.9 Å². The molecule has 0 bridgehead atoms. The van der Waals surface area contributed by atoms with E-state index in [9.17, 15) is 9.59 Å². The predicted molar refractivity (Wildman–Crippen MR) is 113 cm³/mol. The van der Waals surface area contributed by atoms with Crippen LogP contribution in [0.4, 0.5) is 5.69 Å². The number of piperazine rings is 1. The first-order valence-corrected chi connectivity index (χ1v) is 10.1. The van der Waals surface area contributed by atoms with Crippen molar-refractivity contribution in [3.8, 4) is 0 Å². The summed E-state index contributed by atoms with van der Waals surface area (Å²) in [7, 11) is 0. The summed E-state index contributed by atoms with van der Waals surface area (Å²) in [4.78, 5) is 28.9. The molecule has 1 fully saturated rings. The van der Waals surface area contributed by atoms with Gasteiger partial charge in [-0.15, -0.1) is 0 Å². The number of carbonyl (C=O) groups is 2. The Bertz CT molecular complexity index is 832. The van der Waals surface area contributed by atoms with Crippen LogP contribution in [0.3, 0.4) is 0 Å². The van der Waals surface area contributed by atoms with Gasteiger partial charge in [0, 0.05) is 36.9 Å². The van der Waals surface area contributed by atoms with Gasteiger partial charge in [0.25, 0.3) is 0 Å². The fraction of sp³-hybridized carbons (Fsp3) is 0.364. The van der Waals surface area contributed by atoms with Crippen LogP contribution in [0.5, 0.6) is 0 Å². The molecular weight excluding hydrogens is 374 g/mol. The van der Waals surface area contributed by atoms with Crippen LogP contribution in [-0.4, -0.2) is 54.3 Å². The second-order valence-corrected chi connectivity index (χ2v) is 7.39. The third-order valence-corrected chi connectivity index (χ3v) is 5.43. The Morgan fingerprint density at radius 1 is 0.964 bits per heavy atom. The zero-order chi connectivity index (χ0) is 19.9. The number of benzene rings is 2. The van der Waals surface area contributed by atoms with Gasteiger partial charge in [0.15, 0.2) is 0 Å². The first-order valence-electron chi connectivity index (χ1n) is 9.68. The summed E-state index contributed by atoms with van der Waals surface area (Å²) in [5.41, 5.74) is 2.86. The van der Waals surface area contributed by atoms with E-state index in [-0.39, 0.29) is 11.8 Å². The van der Waals surface area contributed by atoms with Crippen LogP contribution >= 0.6 is 11.6 Å². The molecule has 2 aromatic rings. The van der Waals surface area contributed by atoms with Crippen molar-refractivity contribution in [2.75, 3.05) is 38.0 Å². The molecule has 6 heteroatoms. The highest BCUT2D eigenvalue weighted by atomic mass is 35.5. The zero-order valence-corrected chi connectivity index (χ0v) is 16.9. The van der Waals surface area contributed by atoms with E-state index in [1.54, 1.807) is 6.07 Å². The van der Waals surface area contributed by atoms with Crippen molar-refractivity contribution in [2.45, 2.75) is 19.8 Å². The molecule has 0 atom stereocenters. The van der Waals surface area contributed by atoms with Gasteiger partial charge in [-0.05, 0) is 29.7 Å². The number of carbonyl (C=O) groups excluding carboxylic acids is 2. The SMILES string of the molecule is CCc1ccccc1NC(=O)CN1CCN(C(=O)Cc2ccccc2Cl)CC1. The van der Waals surface area contributed by atoms with Crippen LogP contribution in [0.25, 0.3) is 0 Å². The van der Waals surface area contributed by atoms with E-state index >= 15 is 0 Å². The molecule has 0 unspecified atom stereocenters. The van der Waals surface area contributed by atoms with Gasteiger partial charge < -0.3 is 10.2 Å². The van der Waals surface area contributed by atoms with E-state index in [2.05, 4.69) is 17.1 Å². The fourth-order valence-electron chi connectivity index (χ4n) is 3.42. The van der Waals surface area contributed by atoms with Gasteiger partial charge in [-0.3, -0.25) is 14.5 Å². The number of anilines is 1. The van der Waals surface area contributed by atoms with Crippen molar-refractivity contribution in [1.29, 1.82) is 0 Å². The van der Waals surface area contributed by atoms with Gasteiger partial charge in [0.05, 0.1) is 13.0 Å². The highest BCUT2D eigenvalue weighted by Crippen LogP contribution is 2.17. The van der Waals surface area contributed by atoms with E-state index in [1.165, 1.54) is 0 Å². The summed E-state index contributed by atoms with van der Waals surface area (Å²) < 4.78 is 0. The molecule has 1 saturated heterocycles. The Labute approximate surface area is 171 Å². The number of nitrogens with one attached hydrogen (secondary N) is 1. The average Bonchev–Trinajstić information content (AvgIpc) is 2.70. The number of aryl methyl sites for hydroxylation is 1. The van der Waals surface area contributed by atoms with Gasteiger partial charge >= 0.3 is 0 Å². The number of halogens is 1. The Hall–Kier alpha value is -2.37. The third kappa shape index (κ3) is 5.33. The molecule has 0 saturated carbocycles. The van der Waals surface area contributed by atoms with Crippen molar-refractivity contribution in [3.05, 3.63) is 64.7 Å². The van der Waals surface area contributed by atoms with Gasteiger partial charge in [0.2, 0.25) is 11.8 Å². The van der Waals surface area contributed by atoms with Crippen LogP contribution in [0.2, 0.25) is 5.02 Å². The Balaban J connectivity index is 1.46. The molecule has 1 aliphatic rings. The van der Waals surface area contributed by atoms with E-state index in [0.29, 0.717) is 44.2 Å². The monoisotopic (exact) mass is 399 g/mol. The standard InChI is InChI=1S/C22H26ClN3O2/c1-2-17-7-4-6-10-20(17)24-21(27)16-25-11-13-26(14-12-25)22(28)15-18-8-3-5-9-19(18)23/h3-10H,2,11-16H2,1H3,(H,24,27). The van der Waals surface area contributed by atoms with Gasteiger partial charge in [0.1, 0.15) is 0 Å². The Morgan fingerprint density at radius 2 is 1.61 bits per heavy atom. The summed E-state index contributed by atoms with van der Waals surface area (Å²) in [5, 5.41) is 3.63. The minimum absolute atomic E-state index is 0.0169. The van der Waals surface area contributed by atoms with Crippen molar-refractivity contribution < 1.29 is 9.59 Å². The highest BCUT2D eigenvalue weighted by Gasteiger charge is 2.23. The molecular formula is C22H26ClN3O2. The summed E-state index contributed by atoms with van der Waals surface area (Å²) in [6.07, 6.45) is 1.19. The van der Waals surface area contributed by atoms with Crippen molar-refractivity contribution in [2.24, 2.45) is 0 Å². The molecule has 0 aliphatic carbocycles. The first kappa shape index (κ1) is 20.4. The minimum atomic E-state index is -0.0169. The molecule has 28 heavy (non-hydrogen) atoms. The summed E-state index contributed by atoms with van der Waals surface area (Å²) >= 11 is 6.15. The number of nitrogens with zero attached hydrogens (tertiary/aromatic N) is 2. The lowest BCUT2D eigenvalue weighted by Gasteiger charge is -2.34. The van der Waals surface area contributed by atoms with E-state index in [0.717, 1.165) is 23.2 Å². The number of para-hydroxylation sites is 1. The second-order valence-electron chi connectivity index (χ2n) is 6.98. The maximum atomic E-state index is 12.5. The normalized spacial score (nSPS) is 14.7. The maximum absolute atomic E-state index is 12.5. The highest BCUT2D eigenvalue weighted by molar-refractivity contribution is 6.31. The molecule has 3 rings (SSSR count). The zero-order valence-electron chi connectivity index (χ0n) is 16.2. The average molecular weight is 400 g/mol. The maximum Gasteiger partial charge on any atom is 0.238 e. The molecule has 148 valence electrons. The van der Waals surface area contributed by atoms with E-state index < -0.39 is 0 Å². The topological polar surface area (TPSA) is 52.7 Å². The van der Waals surface area contributed by atoms with Gasteiger partial charge in [-0.25, -0.2) is 0 Å². The first-order chi connectivity index (χ1) is 13.6. The third-order valence-electron chi connectivity index (χ3n) is 5.06. The number of amides is 2. The lowest BCUT2D eigenvalue weighted by Crippen LogP contribution is -2.50. The van der Waals surface area contributed by atoms with Crippen molar-refractivity contribution in [1.82, 2.24) is 9.80 Å². The van der Waals surface area contributed by atoms with Crippen LogP contribution in [0.1, 0.15) is 18.1 Å².